The van der Waals surface area contributed by atoms with Crippen LogP contribution in [0.25, 0.3) is 0 Å². The maximum absolute atomic E-state index is 12.2. The van der Waals surface area contributed by atoms with Crippen molar-refractivity contribution in [1.29, 1.82) is 0 Å². The number of hydrogen-bond donors (Lipinski definition) is 2. The van der Waals surface area contributed by atoms with E-state index in [0.717, 1.165) is 18.1 Å². The monoisotopic (exact) mass is 314 g/mol. The fourth-order valence-electron chi connectivity index (χ4n) is 1.89. The Hall–Kier alpha value is -1.34. The number of amides is 1. The third-order valence-electron chi connectivity index (χ3n) is 2.94. The summed E-state index contributed by atoms with van der Waals surface area (Å²) in [6.45, 7) is 9.82. The molecule has 7 heteroatoms. The van der Waals surface area contributed by atoms with Gasteiger partial charge in [0.1, 0.15) is 10.7 Å². The molecule has 0 aromatic carbocycles. The van der Waals surface area contributed by atoms with Gasteiger partial charge in [0.15, 0.2) is 5.13 Å². The van der Waals surface area contributed by atoms with E-state index in [1.165, 1.54) is 11.3 Å². The molecule has 3 N–H and O–H groups in total. The molecule has 0 aliphatic heterocycles. The number of nitrogens with zero attached hydrogens (tertiary/aromatic N) is 2. The zero-order chi connectivity index (χ0) is 16.0. The van der Waals surface area contributed by atoms with Crippen LogP contribution in [0.4, 0.5) is 10.9 Å². The number of carbonyl (C=O) groups is 1. The van der Waals surface area contributed by atoms with Crippen molar-refractivity contribution in [2.45, 2.75) is 39.7 Å². The van der Waals surface area contributed by atoms with Gasteiger partial charge < -0.3 is 20.7 Å². The Morgan fingerprint density at radius 3 is 2.71 bits per heavy atom. The zero-order valence-electron chi connectivity index (χ0n) is 13.5. The molecule has 1 rings (SSSR count). The smallest absolute Gasteiger partial charge is 0.265 e. The minimum absolute atomic E-state index is 0.200. The van der Waals surface area contributed by atoms with Crippen molar-refractivity contribution >= 4 is 28.2 Å². The Labute approximate surface area is 130 Å². The van der Waals surface area contributed by atoms with Crippen LogP contribution in [0, 0.1) is 0 Å². The summed E-state index contributed by atoms with van der Waals surface area (Å²) in [5.41, 5.74) is 5.46. The Balaban J connectivity index is 2.70. The van der Waals surface area contributed by atoms with E-state index >= 15 is 0 Å². The van der Waals surface area contributed by atoms with Crippen LogP contribution in [0.1, 0.15) is 43.8 Å². The number of anilines is 2. The predicted octanol–water partition coefficient (Wildman–Crippen LogP) is 2.12. The number of hydrogen-bond acceptors (Lipinski definition) is 6. The van der Waals surface area contributed by atoms with E-state index in [0.29, 0.717) is 18.0 Å². The van der Waals surface area contributed by atoms with Crippen LogP contribution in [0.5, 0.6) is 0 Å². The average molecular weight is 314 g/mol. The molecule has 0 fully saturated rings. The molecule has 0 aliphatic carbocycles. The molecule has 0 saturated heterocycles. The lowest BCUT2D eigenvalue weighted by Gasteiger charge is -2.24. The molecule has 1 aromatic heterocycles. The number of aromatic nitrogens is 1. The number of rotatable bonds is 8. The number of nitrogen functional groups attached to an aromatic ring is 1. The SMILES string of the molecule is CCCN(C)c1nc(N)c(C(=O)NCC(C)(C)OCC)s1. The van der Waals surface area contributed by atoms with Crippen LogP contribution in [-0.4, -0.2) is 43.2 Å². The van der Waals surface area contributed by atoms with Crippen molar-refractivity contribution in [2.24, 2.45) is 0 Å². The Bertz CT molecular complexity index is 474. The number of ether oxygens (including phenoxy) is 1. The highest BCUT2D eigenvalue weighted by Gasteiger charge is 2.22. The van der Waals surface area contributed by atoms with Gasteiger partial charge in [-0.1, -0.05) is 18.3 Å². The molecule has 1 aromatic rings. The molecule has 21 heavy (non-hydrogen) atoms. The molecule has 120 valence electrons. The number of thiazole rings is 1. The molecule has 0 radical (unpaired) electrons. The van der Waals surface area contributed by atoms with Gasteiger partial charge >= 0.3 is 0 Å². The highest BCUT2D eigenvalue weighted by Crippen LogP contribution is 2.27. The van der Waals surface area contributed by atoms with Gasteiger partial charge in [-0.25, -0.2) is 4.98 Å². The lowest BCUT2D eigenvalue weighted by molar-refractivity contribution is -0.00812. The first kappa shape index (κ1) is 17.7. The second-order valence-electron chi connectivity index (χ2n) is 5.51. The van der Waals surface area contributed by atoms with E-state index in [-0.39, 0.29) is 11.7 Å². The summed E-state index contributed by atoms with van der Waals surface area (Å²) in [6.07, 6.45) is 1.01. The normalized spacial score (nSPS) is 11.5. The van der Waals surface area contributed by atoms with E-state index < -0.39 is 5.60 Å². The molecule has 1 amide bonds. The van der Waals surface area contributed by atoms with E-state index in [4.69, 9.17) is 10.5 Å². The Morgan fingerprint density at radius 2 is 2.14 bits per heavy atom. The van der Waals surface area contributed by atoms with E-state index in [9.17, 15) is 4.79 Å². The first-order valence-corrected chi connectivity index (χ1v) is 8.02. The third-order valence-corrected chi connectivity index (χ3v) is 4.13. The summed E-state index contributed by atoms with van der Waals surface area (Å²) < 4.78 is 5.55. The van der Waals surface area contributed by atoms with Crippen LogP contribution < -0.4 is 16.0 Å². The third kappa shape index (κ3) is 5.17. The van der Waals surface area contributed by atoms with E-state index in [1.807, 2.05) is 32.7 Å². The van der Waals surface area contributed by atoms with Crippen LogP contribution in [0.2, 0.25) is 0 Å². The van der Waals surface area contributed by atoms with Crippen LogP contribution in [-0.2, 0) is 4.74 Å². The van der Waals surface area contributed by atoms with Crippen LogP contribution in [0.15, 0.2) is 0 Å². The minimum Gasteiger partial charge on any atom is -0.382 e. The van der Waals surface area contributed by atoms with Gasteiger partial charge in [-0.2, -0.15) is 0 Å². The average Bonchev–Trinajstić information content (AvgIpc) is 2.79. The van der Waals surface area contributed by atoms with E-state index in [1.54, 1.807) is 0 Å². The van der Waals surface area contributed by atoms with Gasteiger partial charge in [0, 0.05) is 26.7 Å². The maximum Gasteiger partial charge on any atom is 0.265 e. The first-order chi connectivity index (χ1) is 9.80. The van der Waals surface area contributed by atoms with Crippen molar-refractivity contribution in [3.63, 3.8) is 0 Å². The van der Waals surface area contributed by atoms with Gasteiger partial charge in [-0.05, 0) is 27.2 Å². The largest absolute Gasteiger partial charge is 0.382 e. The topological polar surface area (TPSA) is 80.5 Å². The van der Waals surface area contributed by atoms with Crippen LogP contribution in [0.3, 0.4) is 0 Å². The second-order valence-corrected chi connectivity index (χ2v) is 6.49. The summed E-state index contributed by atoms with van der Waals surface area (Å²) in [5.74, 6) is 0.0820. The second kappa shape index (κ2) is 7.61. The fourth-order valence-corrected chi connectivity index (χ4v) is 2.78. The summed E-state index contributed by atoms with van der Waals surface area (Å²) in [4.78, 5) is 18.9. The molecule has 0 aliphatic rings. The van der Waals surface area contributed by atoms with Gasteiger partial charge in [-0.15, -0.1) is 0 Å². The lowest BCUT2D eigenvalue weighted by atomic mass is 10.1. The van der Waals surface area contributed by atoms with Crippen molar-refractivity contribution in [3.05, 3.63) is 4.88 Å². The lowest BCUT2D eigenvalue weighted by Crippen LogP contribution is -2.40. The van der Waals surface area contributed by atoms with Gasteiger partial charge in [0.05, 0.1) is 5.60 Å². The zero-order valence-corrected chi connectivity index (χ0v) is 14.3. The fraction of sp³-hybridized carbons (Fsp3) is 0.714. The molecular weight excluding hydrogens is 288 g/mol. The summed E-state index contributed by atoms with van der Waals surface area (Å²) in [7, 11) is 1.95. The van der Waals surface area contributed by atoms with Crippen LogP contribution >= 0.6 is 11.3 Å². The number of carbonyl (C=O) groups excluding carboxylic acids is 1. The van der Waals surface area contributed by atoms with Crippen molar-refractivity contribution in [2.75, 3.05) is 37.4 Å². The van der Waals surface area contributed by atoms with Crippen molar-refractivity contribution < 1.29 is 9.53 Å². The summed E-state index contributed by atoms with van der Waals surface area (Å²) in [6, 6.07) is 0. The summed E-state index contributed by atoms with van der Waals surface area (Å²) in [5, 5.41) is 3.62. The standard InChI is InChI=1S/C14H26N4O2S/c1-6-8-18(5)13-17-11(15)10(21-13)12(19)16-9-14(3,4)20-7-2/h6-9,15H2,1-5H3,(H,16,19). The molecule has 0 spiro atoms. The quantitative estimate of drug-likeness (QED) is 0.768. The molecule has 0 atom stereocenters. The van der Waals surface area contributed by atoms with Crippen molar-refractivity contribution in [1.82, 2.24) is 10.3 Å². The number of nitrogens with two attached hydrogens (primary N) is 1. The van der Waals surface area contributed by atoms with Crippen molar-refractivity contribution in [3.8, 4) is 0 Å². The highest BCUT2D eigenvalue weighted by atomic mass is 32.1. The Kier molecular flexibility index (Phi) is 6.42. The molecule has 0 bridgehead atoms. The molecule has 1 heterocycles. The predicted molar refractivity (Wildman–Crippen MR) is 88.1 cm³/mol. The molecule has 6 nitrogen and oxygen atoms in total. The minimum atomic E-state index is -0.397. The Morgan fingerprint density at radius 1 is 1.48 bits per heavy atom. The van der Waals surface area contributed by atoms with Gasteiger partial charge in [-0.3, -0.25) is 4.79 Å². The maximum atomic E-state index is 12.2. The van der Waals surface area contributed by atoms with Gasteiger partial charge in [0.2, 0.25) is 0 Å². The highest BCUT2D eigenvalue weighted by molar-refractivity contribution is 7.18. The molecule has 0 unspecified atom stereocenters. The van der Waals surface area contributed by atoms with E-state index in [2.05, 4.69) is 17.2 Å². The molecular formula is C14H26N4O2S. The first-order valence-electron chi connectivity index (χ1n) is 7.20. The molecule has 0 saturated carbocycles. The summed E-state index contributed by atoms with van der Waals surface area (Å²) >= 11 is 1.32. The number of nitrogens with one attached hydrogen (secondary N) is 1. The van der Waals surface area contributed by atoms with Gasteiger partial charge in [0.25, 0.3) is 5.91 Å².